The normalized spacial score (nSPS) is 18.1. The molecule has 2 heterocycles. The molecule has 0 aliphatic carbocycles. The molecule has 6 heteroatoms. The summed E-state index contributed by atoms with van der Waals surface area (Å²) < 4.78 is 5.39. The van der Waals surface area contributed by atoms with Crippen molar-refractivity contribution in [2.45, 2.75) is 6.42 Å². The minimum Gasteiger partial charge on any atom is -0.478 e. The van der Waals surface area contributed by atoms with Crippen molar-refractivity contribution in [1.29, 1.82) is 0 Å². The fraction of sp³-hybridized carbons (Fsp3) is 0.429. The van der Waals surface area contributed by atoms with Crippen molar-refractivity contribution in [3.05, 3.63) is 24.3 Å². The van der Waals surface area contributed by atoms with Gasteiger partial charge in [0.15, 0.2) is 5.82 Å². The number of fused-ring (bicyclic) bond motifs is 1. The zero-order chi connectivity index (χ0) is 13.2. The zero-order valence-electron chi connectivity index (χ0n) is 11.5. The zero-order valence-corrected chi connectivity index (χ0v) is 12.3. The summed E-state index contributed by atoms with van der Waals surface area (Å²) in [5, 5.41) is 0. The number of halogens is 1. The van der Waals surface area contributed by atoms with Crippen LogP contribution in [0.4, 0.5) is 5.82 Å². The summed E-state index contributed by atoms with van der Waals surface area (Å²) in [4.78, 5) is 11.4. The van der Waals surface area contributed by atoms with Crippen molar-refractivity contribution in [2.24, 2.45) is 11.7 Å². The number of ether oxygens (including phenoxy) is 1. The van der Waals surface area contributed by atoms with Crippen LogP contribution in [0.2, 0.25) is 0 Å². The summed E-state index contributed by atoms with van der Waals surface area (Å²) in [6, 6.07) is 7.85. The standard InChI is InChI=1S/C14H18N4O.ClH/c1-19-14-13(18-7-6-10(8-15)9-18)16-11-4-2-3-5-12(11)17-14;/h2-5,10H,6-9,15H2,1H3;1H. The maximum absolute atomic E-state index is 5.74. The summed E-state index contributed by atoms with van der Waals surface area (Å²) in [6.45, 7) is 2.62. The van der Waals surface area contributed by atoms with E-state index in [9.17, 15) is 0 Å². The molecule has 1 aliphatic heterocycles. The van der Waals surface area contributed by atoms with Crippen LogP contribution in [0.5, 0.6) is 5.88 Å². The van der Waals surface area contributed by atoms with Crippen molar-refractivity contribution in [3.8, 4) is 5.88 Å². The van der Waals surface area contributed by atoms with Gasteiger partial charge in [-0.25, -0.2) is 9.97 Å². The average Bonchev–Trinajstić information content (AvgIpc) is 2.94. The van der Waals surface area contributed by atoms with Crippen LogP contribution in [0, 0.1) is 5.92 Å². The maximum atomic E-state index is 5.74. The molecule has 0 amide bonds. The number of nitrogens with zero attached hydrogens (tertiary/aromatic N) is 3. The summed E-state index contributed by atoms with van der Waals surface area (Å²) >= 11 is 0. The average molecular weight is 295 g/mol. The fourth-order valence-electron chi connectivity index (χ4n) is 2.53. The molecule has 1 fully saturated rings. The Hall–Kier alpha value is -1.59. The molecular weight excluding hydrogens is 276 g/mol. The fourth-order valence-corrected chi connectivity index (χ4v) is 2.53. The van der Waals surface area contributed by atoms with Crippen LogP contribution >= 0.6 is 12.4 Å². The molecule has 3 rings (SSSR count). The Balaban J connectivity index is 0.00000147. The van der Waals surface area contributed by atoms with E-state index in [1.54, 1.807) is 7.11 Å². The van der Waals surface area contributed by atoms with Crippen molar-refractivity contribution >= 4 is 29.3 Å². The van der Waals surface area contributed by atoms with Gasteiger partial charge in [-0.3, -0.25) is 0 Å². The van der Waals surface area contributed by atoms with Crippen LogP contribution in [-0.4, -0.2) is 36.7 Å². The van der Waals surface area contributed by atoms with Gasteiger partial charge in [-0.05, 0) is 31.0 Å². The van der Waals surface area contributed by atoms with Crippen LogP contribution in [0.15, 0.2) is 24.3 Å². The Morgan fingerprint density at radius 1 is 1.30 bits per heavy atom. The topological polar surface area (TPSA) is 64.3 Å². The third-order valence-electron chi connectivity index (χ3n) is 3.63. The number of hydrogen-bond donors (Lipinski definition) is 1. The number of rotatable bonds is 3. The molecule has 5 nitrogen and oxygen atoms in total. The molecule has 0 spiro atoms. The second kappa shape index (κ2) is 6.24. The Kier molecular flexibility index (Phi) is 4.62. The van der Waals surface area contributed by atoms with Gasteiger partial charge < -0.3 is 15.4 Å². The number of anilines is 1. The number of methoxy groups -OCH3 is 1. The third-order valence-corrected chi connectivity index (χ3v) is 3.63. The summed E-state index contributed by atoms with van der Waals surface area (Å²) in [5.74, 6) is 1.96. The van der Waals surface area contributed by atoms with Crippen molar-refractivity contribution in [2.75, 3.05) is 31.6 Å². The first-order valence-electron chi connectivity index (χ1n) is 6.57. The molecule has 1 atom stereocenters. The molecule has 0 radical (unpaired) electrons. The van der Waals surface area contributed by atoms with Gasteiger partial charge in [-0.1, -0.05) is 12.1 Å². The van der Waals surface area contributed by atoms with Gasteiger partial charge in [0.25, 0.3) is 5.88 Å². The van der Waals surface area contributed by atoms with Gasteiger partial charge in [0.1, 0.15) is 0 Å². The highest BCUT2D eigenvalue weighted by Crippen LogP contribution is 2.30. The van der Waals surface area contributed by atoms with Crippen LogP contribution in [0.3, 0.4) is 0 Å². The van der Waals surface area contributed by atoms with E-state index in [1.807, 2.05) is 24.3 Å². The molecule has 1 aromatic heterocycles. The minimum atomic E-state index is 0. The molecule has 0 saturated carbocycles. The second-order valence-electron chi connectivity index (χ2n) is 4.88. The van der Waals surface area contributed by atoms with E-state index in [0.29, 0.717) is 11.8 Å². The van der Waals surface area contributed by atoms with Gasteiger partial charge in [0.2, 0.25) is 0 Å². The summed E-state index contributed by atoms with van der Waals surface area (Å²) in [6.07, 6.45) is 1.11. The molecule has 0 bridgehead atoms. The van der Waals surface area contributed by atoms with Gasteiger partial charge in [0.05, 0.1) is 18.1 Å². The van der Waals surface area contributed by atoms with E-state index in [1.165, 1.54) is 0 Å². The highest BCUT2D eigenvalue weighted by atomic mass is 35.5. The van der Waals surface area contributed by atoms with Crippen molar-refractivity contribution in [3.63, 3.8) is 0 Å². The predicted octanol–water partition coefficient (Wildman–Crippen LogP) is 1.85. The van der Waals surface area contributed by atoms with E-state index in [0.717, 1.165) is 42.9 Å². The Bertz CT molecular complexity index is 592. The Labute approximate surface area is 124 Å². The maximum Gasteiger partial charge on any atom is 0.257 e. The van der Waals surface area contributed by atoms with Gasteiger partial charge in [-0.15, -0.1) is 12.4 Å². The summed E-state index contributed by atoms with van der Waals surface area (Å²) in [5.41, 5.74) is 7.50. The SMILES string of the molecule is COc1nc2ccccc2nc1N1CCC(CN)C1.Cl. The molecule has 2 aromatic rings. The molecule has 1 saturated heterocycles. The lowest BCUT2D eigenvalue weighted by Crippen LogP contribution is -2.24. The van der Waals surface area contributed by atoms with Crippen LogP contribution < -0.4 is 15.4 Å². The van der Waals surface area contributed by atoms with E-state index in [2.05, 4.69) is 9.88 Å². The van der Waals surface area contributed by atoms with Crippen LogP contribution in [-0.2, 0) is 0 Å². The van der Waals surface area contributed by atoms with Gasteiger partial charge >= 0.3 is 0 Å². The quantitative estimate of drug-likeness (QED) is 0.936. The number of hydrogen-bond acceptors (Lipinski definition) is 5. The molecule has 1 unspecified atom stereocenters. The van der Waals surface area contributed by atoms with Crippen LogP contribution in [0.1, 0.15) is 6.42 Å². The third kappa shape index (κ3) is 2.64. The Morgan fingerprint density at radius 2 is 2.00 bits per heavy atom. The van der Waals surface area contributed by atoms with Gasteiger partial charge in [-0.2, -0.15) is 0 Å². The number of nitrogens with two attached hydrogens (primary N) is 1. The molecule has 1 aromatic carbocycles. The number of benzene rings is 1. The minimum absolute atomic E-state index is 0. The van der Waals surface area contributed by atoms with Crippen molar-refractivity contribution < 1.29 is 4.74 Å². The smallest absolute Gasteiger partial charge is 0.257 e. The first-order chi connectivity index (χ1) is 9.31. The second-order valence-corrected chi connectivity index (χ2v) is 4.88. The number of para-hydroxylation sites is 2. The molecular formula is C14H19ClN4O. The first-order valence-corrected chi connectivity index (χ1v) is 6.57. The lowest BCUT2D eigenvalue weighted by Gasteiger charge is -2.19. The highest BCUT2D eigenvalue weighted by molar-refractivity contribution is 5.85. The summed E-state index contributed by atoms with van der Waals surface area (Å²) in [7, 11) is 1.64. The van der Waals surface area contributed by atoms with Gasteiger partial charge in [0, 0.05) is 13.1 Å². The largest absolute Gasteiger partial charge is 0.478 e. The van der Waals surface area contributed by atoms with E-state index < -0.39 is 0 Å². The monoisotopic (exact) mass is 294 g/mol. The molecule has 108 valence electrons. The van der Waals surface area contributed by atoms with E-state index in [-0.39, 0.29) is 12.4 Å². The lowest BCUT2D eigenvalue weighted by atomic mass is 10.1. The van der Waals surface area contributed by atoms with Crippen LogP contribution in [0.25, 0.3) is 11.0 Å². The first kappa shape index (κ1) is 14.8. The van der Waals surface area contributed by atoms with Crippen molar-refractivity contribution in [1.82, 2.24) is 9.97 Å². The van der Waals surface area contributed by atoms with E-state index >= 15 is 0 Å². The molecule has 1 aliphatic rings. The molecule has 2 N–H and O–H groups in total. The highest BCUT2D eigenvalue weighted by Gasteiger charge is 2.25. The van der Waals surface area contributed by atoms with E-state index in [4.69, 9.17) is 15.5 Å². The number of aromatic nitrogens is 2. The molecule has 20 heavy (non-hydrogen) atoms. The Morgan fingerprint density at radius 3 is 2.60 bits per heavy atom. The predicted molar refractivity (Wildman–Crippen MR) is 82.7 cm³/mol. The lowest BCUT2D eigenvalue weighted by molar-refractivity contribution is 0.398.